The first-order chi connectivity index (χ1) is 10.6. The third-order valence-electron chi connectivity index (χ3n) is 4.57. The molecular formula is C16H15BrClN3O. The molecule has 2 bridgehead atoms. The number of piperidine rings is 1. The van der Waals surface area contributed by atoms with Crippen molar-refractivity contribution in [3.05, 3.63) is 56.0 Å². The van der Waals surface area contributed by atoms with Crippen LogP contribution in [0.4, 0.5) is 5.82 Å². The van der Waals surface area contributed by atoms with Crippen molar-refractivity contribution in [1.82, 2.24) is 9.55 Å². The van der Waals surface area contributed by atoms with E-state index >= 15 is 0 Å². The lowest BCUT2D eigenvalue weighted by Gasteiger charge is -2.43. The lowest BCUT2D eigenvalue weighted by molar-refractivity contribution is 0.280. The summed E-state index contributed by atoms with van der Waals surface area (Å²) in [5.41, 5.74) is 1.25. The predicted octanol–water partition coefficient (Wildman–Crippen LogP) is 3.28. The van der Waals surface area contributed by atoms with Crippen molar-refractivity contribution in [2.75, 3.05) is 18.0 Å². The van der Waals surface area contributed by atoms with E-state index in [1.54, 1.807) is 12.3 Å². The second-order valence-electron chi connectivity index (χ2n) is 6.06. The van der Waals surface area contributed by atoms with Crippen molar-refractivity contribution in [3.63, 3.8) is 0 Å². The number of nitrogens with zero attached hydrogens (tertiary/aromatic N) is 3. The minimum Gasteiger partial charge on any atom is -0.354 e. The van der Waals surface area contributed by atoms with Crippen LogP contribution in [0, 0.1) is 5.92 Å². The van der Waals surface area contributed by atoms with E-state index in [-0.39, 0.29) is 5.56 Å². The number of fused-ring (bicyclic) bond motifs is 4. The number of rotatable bonds is 1. The first-order valence-corrected chi connectivity index (χ1v) is 8.54. The van der Waals surface area contributed by atoms with Gasteiger partial charge in [-0.05, 0) is 40.4 Å². The molecular weight excluding hydrogens is 366 g/mol. The molecule has 0 N–H and O–H groups in total. The molecule has 2 aromatic rings. The Morgan fingerprint density at radius 3 is 2.95 bits per heavy atom. The summed E-state index contributed by atoms with van der Waals surface area (Å²) in [6.07, 6.45) is 2.91. The van der Waals surface area contributed by atoms with Crippen LogP contribution in [0.25, 0.3) is 0 Å². The summed E-state index contributed by atoms with van der Waals surface area (Å²) in [7, 11) is 0. The van der Waals surface area contributed by atoms with Gasteiger partial charge in [-0.2, -0.15) is 0 Å². The van der Waals surface area contributed by atoms with Crippen LogP contribution in [0.2, 0.25) is 5.02 Å². The summed E-state index contributed by atoms with van der Waals surface area (Å²) in [5, 5.41) is 0.666. The molecule has 2 atom stereocenters. The Morgan fingerprint density at radius 2 is 2.14 bits per heavy atom. The van der Waals surface area contributed by atoms with Crippen molar-refractivity contribution < 1.29 is 0 Å². The second kappa shape index (κ2) is 5.39. The fourth-order valence-electron chi connectivity index (χ4n) is 3.71. The molecule has 6 heteroatoms. The van der Waals surface area contributed by atoms with Gasteiger partial charge in [0, 0.05) is 48.0 Å². The monoisotopic (exact) mass is 379 g/mol. The summed E-state index contributed by atoms with van der Waals surface area (Å²) in [6, 6.07) is 7.46. The van der Waals surface area contributed by atoms with Crippen molar-refractivity contribution in [3.8, 4) is 0 Å². The van der Waals surface area contributed by atoms with Crippen LogP contribution in [0.15, 0.2) is 39.7 Å². The highest BCUT2D eigenvalue weighted by atomic mass is 79.9. The second-order valence-corrected chi connectivity index (χ2v) is 7.38. The highest BCUT2D eigenvalue weighted by Crippen LogP contribution is 2.38. The van der Waals surface area contributed by atoms with Crippen LogP contribution < -0.4 is 10.5 Å². The topological polar surface area (TPSA) is 38.1 Å². The molecule has 1 fully saturated rings. The molecule has 0 amide bonds. The third kappa shape index (κ3) is 2.36. The van der Waals surface area contributed by atoms with Crippen LogP contribution in [0.3, 0.4) is 0 Å². The largest absolute Gasteiger partial charge is 0.354 e. The number of pyridine rings is 2. The van der Waals surface area contributed by atoms with Crippen LogP contribution in [0.5, 0.6) is 0 Å². The number of halogens is 2. The molecule has 0 spiro atoms. The molecule has 2 aliphatic heterocycles. The highest BCUT2D eigenvalue weighted by molar-refractivity contribution is 9.10. The molecule has 0 saturated carbocycles. The van der Waals surface area contributed by atoms with Gasteiger partial charge in [-0.25, -0.2) is 4.98 Å². The summed E-state index contributed by atoms with van der Waals surface area (Å²) < 4.78 is 2.82. The summed E-state index contributed by atoms with van der Waals surface area (Å²) >= 11 is 9.75. The Bertz CT molecular complexity index is 791. The van der Waals surface area contributed by atoms with E-state index in [4.69, 9.17) is 11.6 Å². The fraction of sp³-hybridized carbons (Fsp3) is 0.375. The van der Waals surface area contributed by atoms with Crippen LogP contribution in [0.1, 0.15) is 18.0 Å². The normalized spacial score (nSPS) is 23.3. The lowest BCUT2D eigenvalue weighted by Crippen LogP contribution is -2.47. The Labute approximate surface area is 141 Å². The van der Waals surface area contributed by atoms with E-state index in [0.29, 0.717) is 16.9 Å². The summed E-state index contributed by atoms with van der Waals surface area (Å²) in [4.78, 5) is 18.8. The van der Waals surface area contributed by atoms with E-state index in [2.05, 4.69) is 31.9 Å². The van der Waals surface area contributed by atoms with Gasteiger partial charge in [0.1, 0.15) is 5.82 Å². The van der Waals surface area contributed by atoms with Gasteiger partial charge < -0.3 is 9.47 Å². The zero-order valence-corrected chi connectivity index (χ0v) is 14.2. The number of hydrogen-bond acceptors (Lipinski definition) is 3. The quantitative estimate of drug-likeness (QED) is 0.762. The molecule has 114 valence electrons. The number of anilines is 1. The van der Waals surface area contributed by atoms with Gasteiger partial charge in [0.25, 0.3) is 5.56 Å². The Balaban J connectivity index is 1.70. The average Bonchev–Trinajstić information content (AvgIpc) is 2.48. The maximum absolute atomic E-state index is 12.0. The average molecular weight is 381 g/mol. The van der Waals surface area contributed by atoms with Crippen molar-refractivity contribution in [1.29, 1.82) is 0 Å². The molecule has 0 aromatic carbocycles. The fourth-order valence-corrected chi connectivity index (χ4v) is 4.46. The maximum Gasteiger partial charge on any atom is 0.250 e. The maximum atomic E-state index is 12.0. The molecule has 0 aliphatic carbocycles. The minimum absolute atomic E-state index is 0.112. The van der Waals surface area contributed by atoms with Crippen LogP contribution in [-0.2, 0) is 6.54 Å². The SMILES string of the molecule is O=c1cccc2n1CC1CC2CN(c2ncc(Br)cc2Cl)C1. The van der Waals surface area contributed by atoms with E-state index < -0.39 is 0 Å². The van der Waals surface area contributed by atoms with E-state index in [1.807, 2.05) is 16.7 Å². The van der Waals surface area contributed by atoms with Crippen molar-refractivity contribution in [2.24, 2.45) is 5.92 Å². The zero-order chi connectivity index (χ0) is 15.3. The van der Waals surface area contributed by atoms with E-state index in [1.165, 1.54) is 0 Å². The third-order valence-corrected chi connectivity index (χ3v) is 5.28. The van der Waals surface area contributed by atoms with Gasteiger partial charge in [-0.1, -0.05) is 17.7 Å². The molecule has 1 saturated heterocycles. The number of hydrogen-bond donors (Lipinski definition) is 0. The summed E-state index contributed by atoms with van der Waals surface area (Å²) in [5.74, 6) is 1.67. The number of aromatic nitrogens is 2. The molecule has 4 nitrogen and oxygen atoms in total. The molecule has 2 aliphatic rings. The Morgan fingerprint density at radius 1 is 1.27 bits per heavy atom. The van der Waals surface area contributed by atoms with Crippen LogP contribution in [-0.4, -0.2) is 22.6 Å². The van der Waals surface area contributed by atoms with Gasteiger partial charge in [-0.15, -0.1) is 0 Å². The standard InChI is InChI=1S/C16H15BrClN3O/c17-12-5-13(18)16(19-6-12)20-7-10-4-11(9-20)14-2-1-3-15(22)21(14)8-10/h1-3,5-6,10-11H,4,7-9H2. The molecule has 4 heterocycles. The molecule has 4 rings (SSSR count). The van der Waals surface area contributed by atoms with Gasteiger partial charge in [0.2, 0.25) is 0 Å². The first-order valence-electron chi connectivity index (χ1n) is 7.37. The van der Waals surface area contributed by atoms with E-state index in [9.17, 15) is 4.79 Å². The lowest BCUT2D eigenvalue weighted by atomic mass is 9.83. The van der Waals surface area contributed by atoms with Crippen molar-refractivity contribution >= 4 is 33.3 Å². The predicted molar refractivity (Wildman–Crippen MR) is 90.7 cm³/mol. The Kier molecular flexibility index (Phi) is 3.50. The highest BCUT2D eigenvalue weighted by Gasteiger charge is 2.35. The zero-order valence-electron chi connectivity index (χ0n) is 11.9. The van der Waals surface area contributed by atoms with Gasteiger partial charge >= 0.3 is 0 Å². The molecule has 2 unspecified atom stereocenters. The molecule has 0 radical (unpaired) electrons. The van der Waals surface area contributed by atoms with Gasteiger partial charge in [-0.3, -0.25) is 4.79 Å². The molecule has 2 aromatic heterocycles. The minimum atomic E-state index is 0.112. The Hall–Kier alpha value is -1.33. The van der Waals surface area contributed by atoms with Crippen LogP contribution >= 0.6 is 27.5 Å². The first kappa shape index (κ1) is 14.3. The van der Waals surface area contributed by atoms with E-state index in [0.717, 1.165) is 42.0 Å². The molecule has 22 heavy (non-hydrogen) atoms. The smallest absolute Gasteiger partial charge is 0.250 e. The van der Waals surface area contributed by atoms with Gasteiger partial charge in [0.05, 0.1) is 5.02 Å². The van der Waals surface area contributed by atoms with Crippen molar-refractivity contribution in [2.45, 2.75) is 18.9 Å². The summed E-state index contributed by atoms with van der Waals surface area (Å²) in [6.45, 7) is 2.54. The van der Waals surface area contributed by atoms with Gasteiger partial charge in [0.15, 0.2) is 0 Å².